The van der Waals surface area contributed by atoms with Crippen molar-refractivity contribution in [1.82, 2.24) is 19.9 Å². The maximum absolute atomic E-state index is 12.6. The van der Waals surface area contributed by atoms with Gasteiger partial charge in [-0.05, 0) is 31.6 Å². The predicted octanol–water partition coefficient (Wildman–Crippen LogP) is 1.30. The van der Waals surface area contributed by atoms with Gasteiger partial charge in [0.25, 0.3) is 11.5 Å². The fourth-order valence-electron chi connectivity index (χ4n) is 3.40. The number of rotatable bonds is 4. The van der Waals surface area contributed by atoms with Crippen LogP contribution in [0.15, 0.2) is 10.9 Å². The van der Waals surface area contributed by atoms with Crippen molar-refractivity contribution in [2.45, 2.75) is 38.7 Å². The molecule has 140 valence electrons. The number of piperidine rings is 1. The van der Waals surface area contributed by atoms with E-state index < -0.39 is 5.56 Å². The number of amides is 1. The largest absolute Gasteiger partial charge is 0.376 e. The average Bonchev–Trinajstić information content (AvgIpc) is 3.29. The number of hydrogen-bond acceptors (Lipinski definition) is 7. The summed E-state index contributed by atoms with van der Waals surface area (Å²) < 4.78 is 7.02. The molecule has 1 N–H and O–H groups in total. The van der Waals surface area contributed by atoms with Crippen molar-refractivity contribution in [2.75, 3.05) is 31.1 Å². The summed E-state index contributed by atoms with van der Waals surface area (Å²) in [6.07, 6.45) is 4.25. The molecule has 0 aliphatic carbocycles. The van der Waals surface area contributed by atoms with E-state index in [0.29, 0.717) is 11.5 Å². The van der Waals surface area contributed by atoms with E-state index in [-0.39, 0.29) is 17.7 Å². The van der Waals surface area contributed by atoms with Crippen LogP contribution in [0.25, 0.3) is 4.96 Å². The lowest BCUT2D eigenvalue weighted by molar-refractivity contribution is 0.0851. The molecule has 0 aromatic carbocycles. The third kappa shape index (κ3) is 3.59. The van der Waals surface area contributed by atoms with Crippen molar-refractivity contribution in [3.8, 4) is 0 Å². The number of carbonyl (C=O) groups excluding carboxylic acids is 1. The Hall–Kier alpha value is -2.00. The second-order valence-corrected chi connectivity index (χ2v) is 8.01. The quantitative estimate of drug-likeness (QED) is 0.864. The lowest BCUT2D eigenvalue weighted by atomic mass is 10.00. The van der Waals surface area contributed by atoms with Crippen LogP contribution in [0, 0.1) is 5.92 Å². The van der Waals surface area contributed by atoms with Gasteiger partial charge in [0, 0.05) is 32.3 Å². The van der Waals surface area contributed by atoms with E-state index >= 15 is 0 Å². The van der Waals surface area contributed by atoms with Crippen molar-refractivity contribution < 1.29 is 9.53 Å². The SMILES string of the molecule is CC1CCN(c2nn3c(C(=O)NCC4CCCO4)cc(=O)nc3s2)CC1. The van der Waals surface area contributed by atoms with Crippen LogP contribution in [0.4, 0.5) is 5.13 Å². The summed E-state index contributed by atoms with van der Waals surface area (Å²) in [7, 11) is 0. The number of aromatic nitrogens is 3. The maximum Gasteiger partial charge on any atom is 0.274 e. The van der Waals surface area contributed by atoms with Crippen LogP contribution in [0.1, 0.15) is 43.1 Å². The number of nitrogens with zero attached hydrogens (tertiary/aromatic N) is 4. The van der Waals surface area contributed by atoms with Crippen LogP contribution in [-0.2, 0) is 4.74 Å². The van der Waals surface area contributed by atoms with Gasteiger partial charge in [0.15, 0.2) is 0 Å². The number of anilines is 1. The Bertz CT molecular complexity index is 850. The Morgan fingerprint density at radius 2 is 2.19 bits per heavy atom. The molecule has 2 aromatic heterocycles. The molecule has 2 aliphatic heterocycles. The molecule has 8 nitrogen and oxygen atoms in total. The average molecular weight is 377 g/mol. The first-order valence-corrected chi connectivity index (χ1v) is 9.97. The standard InChI is InChI=1S/C17H23N5O3S/c1-11-4-6-21(7-5-11)17-20-22-13(9-14(23)19-16(22)26-17)15(24)18-10-12-3-2-8-25-12/h9,11-12H,2-8,10H2,1H3,(H,18,24). The molecule has 0 spiro atoms. The Kier molecular flexibility index (Phi) is 4.90. The van der Waals surface area contributed by atoms with Gasteiger partial charge >= 0.3 is 0 Å². The Morgan fingerprint density at radius 1 is 1.38 bits per heavy atom. The van der Waals surface area contributed by atoms with Crippen molar-refractivity contribution in [3.63, 3.8) is 0 Å². The number of nitrogens with one attached hydrogen (secondary N) is 1. The molecule has 1 unspecified atom stereocenters. The topological polar surface area (TPSA) is 88.8 Å². The molecule has 1 amide bonds. The molecule has 0 bridgehead atoms. The zero-order valence-electron chi connectivity index (χ0n) is 14.8. The maximum atomic E-state index is 12.6. The van der Waals surface area contributed by atoms with Crippen LogP contribution >= 0.6 is 11.3 Å². The molecule has 9 heteroatoms. The number of ether oxygens (including phenoxy) is 1. The van der Waals surface area contributed by atoms with Crippen molar-refractivity contribution in [1.29, 1.82) is 0 Å². The number of hydrogen-bond donors (Lipinski definition) is 1. The first-order chi connectivity index (χ1) is 12.6. The minimum atomic E-state index is -0.422. The number of fused-ring (bicyclic) bond motifs is 1. The minimum absolute atomic E-state index is 0.0503. The summed E-state index contributed by atoms with van der Waals surface area (Å²) in [6.45, 7) is 5.31. The first kappa shape index (κ1) is 17.4. The van der Waals surface area contributed by atoms with Crippen LogP contribution in [-0.4, -0.2) is 52.9 Å². The van der Waals surface area contributed by atoms with E-state index in [1.54, 1.807) is 0 Å². The van der Waals surface area contributed by atoms with Gasteiger partial charge in [-0.2, -0.15) is 9.50 Å². The molecule has 2 fully saturated rings. The summed E-state index contributed by atoms with van der Waals surface area (Å²) in [5.41, 5.74) is -0.194. The van der Waals surface area contributed by atoms with Crippen molar-refractivity contribution in [2.24, 2.45) is 5.92 Å². The van der Waals surface area contributed by atoms with E-state index in [4.69, 9.17) is 4.74 Å². The summed E-state index contributed by atoms with van der Waals surface area (Å²) in [5.74, 6) is 0.401. The second kappa shape index (κ2) is 7.32. The first-order valence-electron chi connectivity index (χ1n) is 9.16. The zero-order valence-corrected chi connectivity index (χ0v) is 15.6. The second-order valence-electron chi connectivity index (χ2n) is 7.07. The monoisotopic (exact) mass is 377 g/mol. The molecule has 4 rings (SSSR count). The normalized spacial score (nSPS) is 21.4. The molecule has 2 saturated heterocycles. The Balaban J connectivity index is 1.57. The molecule has 2 aliphatic rings. The van der Waals surface area contributed by atoms with E-state index in [1.165, 1.54) is 21.9 Å². The summed E-state index contributed by atoms with van der Waals surface area (Å²) in [5, 5.41) is 8.23. The van der Waals surface area contributed by atoms with E-state index in [9.17, 15) is 9.59 Å². The molecule has 26 heavy (non-hydrogen) atoms. The fraction of sp³-hybridized carbons (Fsp3) is 0.647. The molecular formula is C17H23N5O3S. The van der Waals surface area contributed by atoms with Gasteiger partial charge in [-0.15, -0.1) is 5.10 Å². The fourth-order valence-corrected chi connectivity index (χ4v) is 4.36. The Morgan fingerprint density at radius 3 is 2.92 bits per heavy atom. The third-order valence-electron chi connectivity index (χ3n) is 5.04. The highest BCUT2D eigenvalue weighted by Crippen LogP contribution is 2.27. The predicted molar refractivity (Wildman–Crippen MR) is 99.1 cm³/mol. The van der Waals surface area contributed by atoms with Gasteiger partial charge in [-0.3, -0.25) is 9.59 Å². The van der Waals surface area contributed by atoms with Crippen LogP contribution in [0.5, 0.6) is 0 Å². The van der Waals surface area contributed by atoms with Gasteiger partial charge < -0.3 is 15.0 Å². The third-order valence-corrected chi connectivity index (χ3v) is 6.01. The minimum Gasteiger partial charge on any atom is -0.376 e. The van der Waals surface area contributed by atoms with Gasteiger partial charge in [0.1, 0.15) is 5.69 Å². The van der Waals surface area contributed by atoms with Gasteiger partial charge in [-0.25, -0.2) is 0 Å². The highest BCUT2D eigenvalue weighted by Gasteiger charge is 2.23. The van der Waals surface area contributed by atoms with Crippen molar-refractivity contribution >= 4 is 27.3 Å². The summed E-state index contributed by atoms with van der Waals surface area (Å²) in [6, 6.07) is 1.25. The van der Waals surface area contributed by atoms with Gasteiger partial charge in [0.2, 0.25) is 10.1 Å². The molecular weight excluding hydrogens is 354 g/mol. The molecule has 0 radical (unpaired) electrons. The molecule has 0 saturated carbocycles. The Labute approximate surface area is 155 Å². The van der Waals surface area contributed by atoms with Gasteiger partial charge in [-0.1, -0.05) is 18.3 Å². The highest BCUT2D eigenvalue weighted by atomic mass is 32.1. The lowest BCUT2D eigenvalue weighted by Gasteiger charge is -2.29. The van der Waals surface area contributed by atoms with Gasteiger partial charge in [0.05, 0.1) is 6.10 Å². The van der Waals surface area contributed by atoms with E-state index in [0.717, 1.165) is 56.4 Å². The van der Waals surface area contributed by atoms with Crippen molar-refractivity contribution in [3.05, 3.63) is 22.1 Å². The van der Waals surface area contributed by atoms with Crippen LogP contribution in [0.3, 0.4) is 0 Å². The molecule has 1 atom stereocenters. The zero-order chi connectivity index (χ0) is 18.1. The molecule has 2 aromatic rings. The summed E-state index contributed by atoms with van der Waals surface area (Å²) >= 11 is 1.36. The van der Waals surface area contributed by atoms with E-state index in [1.807, 2.05) is 0 Å². The highest BCUT2D eigenvalue weighted by molar-refractivity contribution is 7.20. The van der Waals surface area contributed by atoms with E-state index in [2.05, 4.69) is 27.2 Å². The van der Waals surface area contributed by atoms with Crippen LogP contribution < -0.4 is 15.8 Å². The van der Waals surface area contributed by atoms with Crippen LogP contribution in [0.2, 0.25) is 0 Å². The molecule has 4 heterocycles. The summed E-state index contributed by atoms with van der Waals surface area (Å²) in [4.78, 5) is 31.2. The lowest BCUT2D eigenvalue weighted by Crippen LogP contribution is -2.34. The number of carbonyl (C=O) groups is 1. The smallest absolute Gasteiger partial charge is 0.274 e.